The highest BCUT2D eigenvalue weighted by Gasteiger charge is 2.60. The number of hydrogen-bond acceptors (Lipinski definition) is 4. The molecule has 0 bridgehead atoms. The van der Waals surface area contributed by atoms with Gasteiger partial charge in [0.2, 0.25) is 5.91 Å². The van der Waals surface area contributed by atoms with Crippen LogP contribution in [-0.4, -0.2) is 28.8 Å². The molecule has 3 atom stereocenters. The molecule has 2 aliphatic heterocycles. The Kier molecular flexibility index (Phi) is 5.83. The second-order valence-corrected chi connectivity index (χ2v) is 9.62. The maximum absolute atomic E-state index is 13.7. The molecule has 0 aromatic heterocycles. The van der Waals surface area contributed by atoms with Crippen molar-refractivity contribution in [2.24, 2.45) is 5.92 Å². The summed E-state index contributed by atoms with van der Waals surface area (Å²) in [6, 6.07) is 20.9. The summed E-state index contributed by atoms with van der Waals surface area (Å²) in [5.74, 6) is -1.78. The molecule has 0 unspecified atom stereocenters. The number of imide groups is 1. The standard InChI is InChI=1S/C27H24BrN3O3/c1-3-17-10-12-18(13-11-17)23-22-24(31(29-23)25(32)19-7-5-8-20(28)15-19)27(34)30(26(22)33)21-9-4-6-16(2)14-21/h4-15,22-24,29H,3H2,1-2H3/t22-,23-,24-/m0/s1. The number of benzene rings is 3. The number of nitrogens with one attached hydrogen (secondary N) is 1. The number of hydrazine groups is 1. The smallest absolute Gasteiger partial charge is 0.268 e. The first-order chi connectivity index (χ1) is 16.4. The lowest BCUT2D eigenvalue weighted by Crippen LogP contribution is -2.48. The van der Waals surface area contributed by atoms with Gasteiger partial charge in [0.15, 0.2) is 0 Å². The molecule has 3 amide bonds. The zero-order valence-electron chi connectivity index (χ0n) is 18.9. The van der Waals surface area contributed by atoms with Crippen molar-refractivity contribution in [3.63, 3.8) is 0 Å². The third kappa shape index (κ3) is 3.75. The van der Waals surface area contributed by atoms with Gasteiger partial charge < -0.3 is 0 Å². The number of carbonyl (C=O) groups excluding carboxylic acids is 3. The molecular weight excluding hydrogens is 494 g/mol. The first kappa shape index (κ1) is 22.5. The van der Waals surface area contributed by atoms with E-state index < -0.39 is 23.9 Å². The number of carbonyl (C=O) groups is 3. The normalized spacial score (nSPS) is 21.8. The Balaban J connectivity index is 1.58. The van der Waals surface area contributed by atoms with E-state index in [-0.39, 0.29) is 11.8 Å². The molecule has 0 aliphatic carbocycles. The van der Waals surface area contributed by atoms with E-state index in [1.807, 2.05) is 55.5 Å². The van der Waals surface area contributed by atoms with E-state index in [2.05, 4.69) is 28.3 Å². The molecule has 0 spiro atoms. The third-order valence-corrected chi connectivity index (χ3v) is 7.03. The highest BCUT2D eigenvalue weighted by Crippen LogP contribution is 2.42. The van der Waals surface area contributed by atoms with E-state index in [1.165, 1.54) is 15.5 Å². The fourth-order valence-corrected chi connectivity index (χ4v) is 5.19. The van der Waals surface area contributed by atoms with Crippen molar-refractivity contribution in [2.45, 2.75) is 32.4 Å². The van der Waals surface area contributed by atoms with Gasteiger partial charge in [-0.3, -0.25) is 19.4 Å². The second-order valence-electron chi connectivity index (χ2n) is 8.71. The van der Waals surface area contributed by atoms with Crippen LogP contribution in [0.5, 0.6) is 0 Å². The molecule has 0 radical (unpaired) electrons. The van der Waals surface area contributed by atoms with E-state index in [1.54, 1.807) is 24.3 Å². The lowest BCUT2D eigenvalue weighted by atomic mass is 9.90. The number of amides is 3. The van der Waals surface area contributed by atoms with Crippen LogP contribution in [0.2, 0.25) is 0 Å². The Labute approximate surface area is 206 Å². The number of hydrogen-bond donors (Lipinski definition) is 1. The molecule has 2 aliphatic rings. The van der Waals surface area contributed by atoms with Gasteiger partial charge >= 0.3 is 0 Å². The Morgan fingerprint density at radius 3 is 2.38 bits per heavy atom. The molecular formula is C27H24BrN3O3. The van der Waals surface area contributed by atoms with Crippen LogP contribution < -0.4 is 10.3 Å². The minimum atomic E-state index is -0.935. The number of aryl methyl sites for hydroxylation is 2. The van der Waals surface area contributed by atoms with Crippen LogP contribution in [-0.2, 0) is 16.0 Å². The van der Waals surface area contributed by atoms with Gasteiger partial charge in [0.05, 0.1) is 17.6 Å². The predicted molar refractivity (Wildman–Crippen MR) is 133 cm³/mol. The molecule has 6 nitrogen and oxygen atoms in total. The van der Waals surface area contributed by atoms with Crippen molar-refractivity contribution >= 4 is 39.3 Å². The highest BCUT2D eigenvalue weighted by molar-refractivity contribution is 9.10. The van der Waals surface area contributed by atoms with Gasteiger partial charge in [0, 0.05) is 10.0 Å². The van der Waals surface area contributed by atoms with Crippen molar-refractivity contribution in [3.8, 4) is 0 Å². The van der Waals surface area contributed by atoms with E-state index in [0.717, 1.165) is 22.0 Å². The summed E-state index contributed by atoms with van der Waals surface area (Å²) in [7, 11) is 0. The van der Waals surface area contributed by atoms with Crippen LogP contribution in [0.3, 0.4) is 0 Å². The molecule has 34 heavy (non-hydrogen) atoms. The van der Waals surface area contributed by atoms with Crippen LogP contribution >= 0.6 is 15.9 Å². The van der Waals surface area contributed by atoms with Crippen LogP contribution in [0, 0.1) is 12.8 Å². The van der Waals surface area contributed by atoms with Crippen molar-refractivity contribution in [1.82, 2.24) is 10.4 Å². The Morgan fingerprint density at radius 2 is 1.71 bits per heavy atom. The molecule has 7 heteroatoms. The topological polar surface area (TPSA) is 69.7 Å². The molecule has 2 fully saturated rings. The molecule has 2 saturated heterocycles. The van der Waals surface area contributed by atoms with Gasteiger partial charge in [-0.25, -0.2) is 10.3 Å². The Hall–Kier alpha value is -3.29. The molecule has 172 valence electrons. The first-order valence-electron chi connectivity index (χ1n) is 11.3. The average molecular weight is 518 g/mol. The van der Waals surface area contributed by atoms with Gasteiger partial charge in [-0.1, -0.05) is 65.3 Å². The van der Waals surface area contributed by atoms with Crippen LogP contribution in [0.1, 0.15) is 40.0 Å². The van der Waals surface area contributed by atoms with Crippen molar-refractivity contribution < 1.29 is 14.4 Å². The van der Waals surface area contributed by atoms with Gasteiger partial charge in [0.25, 0.3) is 11.8 Å². The lowest BCUT2D eigenvalue weighted by Gasteiger charge is -2.25. The summed E-state index contributed by atoms with van der Waals surface area (Å²) in [5.41, 5.74) is 7.15. The molecule has 0 saturated carbocycles. The monoisotopic (exact) mass is 517 g/mol. The van der Waals surface area contributed by atoms with Gasteiger partial charge in [-0.05, 0) is 60.4 Å². The summed E-state index contributed by atoms with van der Waals surface area (Å²) in [6.45, 7) is 3.99. The molecule has 2 heterocycles. The maximum atomic E-state index is 13.7. The van der Waals surface area contributed by atoms with Crippen molar-refractivity contribution in [1.29, 1.82) is 0 Å². The Morgan fingerprint density at radius 1 is 0.971 bits per heavy atom. The average Bonchev–Trinajstić information content (AvgIpc) is 3.35. The van der Waals surface area contributed by atoms with Gasteiger partial charge in [-0.15, -0.1) is 0 Å². The summed E-state index contributed by atoms with van der Waals surface area (Å²) >= 11 is 3.41. The summed E-state index contributed by atoms with van der Waals surface area (Å²) in [6.07, 6.45) is 0.899. The van der Waals surface area contributed by atoms with Crippen molar-refractivity contribution in [3.05, 3.63) is 99.5 Å². The number of anilines is 1. The quantitative estimate of drug-likeness (QED) is 0.514. The maximum Gasteiger partial charge on any atom is 0.268 e. The fourth-order valence-electron chi connectivity index (χ4n) is 4.79. The predicted octanol–water partition coefficient (Wildman–Crippen LogP) is 4.58. The second kappa shape index (κ2) is 8.81. The minimum absolute atomic E-state index is 0.304. The fraction of sp³-hybridized carbons (Fsp3) is 0.222. The van der Waals surface area contributed by atoms with Crippen LogP contribution in [0.4, 0.5) is 5.69 Å². The SMILES string of the molecule is CCc1ccc([C@@H]2NN(C(=O)c3cccc(Br)c3)[C@@H]3C(=O)N(c4cccc(C)c4)C(=O)[C@H]32)cc1. The summed E-state index contributed by atoms with van der Waals surface area (Å²) in [5, 5.41) is 1.35. The summed E-state index contributed by atoms with van der Waals surface area (Å²) in [4.78, 5) is 42.1. The number of nitrogens with zero attached hydrogens (tertiary/aromatic N) is 2. The number of rotatable bonds is 4. The van der Waals surface area contributed by atoms with E-state index >= 15 is 0 Å². The number of halogens is 1. The largest absolute Gasteiger partial charge is 0.274 e. The van der Waals surface area contributed by atoms with Gasteiger partial charge in [0.1, 0.15) is 6.04 Å². The third-order valence-electron chi connectivity index (χ3n) is 6.53. The highest BCUT2D eigenvalue weighted by atomic mass is 79.9. The lowest BCUT2D eigenvalue weighted by molar-refractivity contribution is -0.123. The van der Waals surface area contributed by atoms with E-state index in [0.29, 0.717) is 11.3 Å². The van der Waals surface area contributed by atoms with E-state index in [9.17, 15) is 14.4 Å². The molecule has 1 N–H and O–H groups in total. The van der Waals surface area contributed by atoms with E-state index in [4.69, 9.17) is 0 Å². The first-order valence-corrected chi connectivity index (χ1v) is 12.1. The zero-order valence-corrected chi connectivity index (χ0v) is 20.5. The minimum Gasteiger partial charge on any atom is -0.274 e. The molecule has 3 aromatic carbocycles. The molecule has 3 aromatic rings. The van der Waals surface area contributed by atoms with Gasteiger partial charge in [-0.2, -0.15) is 0 Å². The Bertz CT molecular complexity index is 1290. The number of fused-ring (bicyclic) bond motifs is 1. The van der Waals surface area contributed by atoms with Crippen LogP contribution in [0.15, 0.2) is 77.3 Å². The molecule has 5 rings (SSSR count). The van der Waals surface area contributed by atoms with Crippen molar-refractivity contribution in [2.75, 3.05) is 4.90 Å². The van der Waals surface area contributed by atoms with Crippen LogP contribution in [0.25, 0.3) is 0 Å². The zero-order chi connectivity index (χ0) is 24.0. The summed E-state index contributed by atoms with van der Waals surface area (Å²) < 4.78 is 0.760.